The minimum Gasteiger partial charge on any atom is -0.286 e. The Bertz CT molecular complexity index is 1390. The standard InChI is InChI=1S/C20H15ClF6N2O3S/c1-18(22,23)11-5-7-13(8-6-11)33(31,32)29-15-4-2-3-14(21)16(15)28(17(29)30)12-9-19(24,25)20(26,27)10-12/h2-8,12H,9-10H2,1H3. The van der Waals surface area contributed by atoms with Gasteiger partial charge in [0.1, 0.15) is 0 Å². The Morgan fingerprint density at radius 3 is 2.06 bits per heavy atom. The molecule has 3 aromatic rings. The smallest absolute Gasteiger partial charge is 0.286 e. The molecular formula is C20H15ClF6N2O3S. The van der Waals surface area contributed by atoms with Gasteiger partial charge in [0.2, 0.25) is 0 Å². The molecule has 0 saturated heterocycles. The summed E-state index contributed by atoms with van der Waals surface area (Å²) in [5.74, 6) is -12.1. The maximum atomic E-state index is 13.8. The Hall–Kier alpha value is -2.47. The molecule has 1 aromatic heterocycles. The maximum Gasteiger partial charge on any atom is 0.343 e. The van der Waals surface area contributed by atoms with Crippen LogP contribution in [0.15, 0.2) is 52.2 Å². The number of hydrogen-bond acceptors (Lipinski definition) is 3. The van der Waals surface area contributed by atoms with E-state index >= 15 is 0 Å². The van der Waals surface area contributed by atoms with E-state index < -0.39 is 62.8 Å². The first-order chi connectivity index (χ1) is 15.1. The Kier molecular flexibility index (Phi) is 5.21. The first kappa shape index (κ1) is 23.7. The highest BCUT2D eigenvalue weighted by Crippen LogP contribution is 2.52. The number of aromatic nitrogens is 2. The highest BCUT2D eigenvalue weighted by Gasteiger charge is 2.64. The van der Waals surface area contributed by atoms with Crippen molar-refractivity contribution in [3.05, 3.63) is 63.5 Å². The summed E-state index contributed by atoms with van der Waals surface area (Å²) in [7, 11) is -4.74. The van der Waals surface area contributed by atoms with Crippen LogP contribution in [0.5, 0.6) is 0 Å². The topological polar surface area (TPSA) is 61.1 Å². The zero-order valence-electron chi connectivity index (χ0n) is 16.7. The quantitative estimate of drug-likeness (QED) is 0.439. The van der Waals surface area contributed by atoms with Gasteiger partial charge in [0, 0.05) is 25.3 Å². The van der Waals surface area contributed by atoms with E-state index in [1.54, 1.807) is 0 Å². The lowest BCUT2D eigenvalue weighted by Gasteiger charge is -2.16. The third kappa shape index (κ3) is 3.63. The summed E-state index contributed by atoms with van der Waals surface area (Å²) in [6.45, 7) is 0.615. The predicted molar refractivity (Wildman–Crippen MR) is 108 cm³/mol. The Balaban J connectivity index is 1.94. The van der Waals surface area contributed by atoms with Crippen LogP contribution in [-0.2, 0) is 15.9 Å². The van der Waals surface area contributed by atoms with E-state index in [4.69, 9.17) is 11.6 Å². The van der Waals surface area contributed by atoms with Crippen LogP contribution in [0.4, 0.5) is 26.3 Å². The van der Waals surface area contributed by atoms with Crippen LogP contribution >= 0.6 is 11.6 Å². The fourth-order valence-electron chi connectivity index (χ4n) is 3.94. The second-order valence-corrected chi connectivity index (χ2v) is 10.1. The summed E-state index contributed by atoms with van der Waals surface area (Å²) < 4.78 is 110. The van der Waals surface area contributed by atoms with Gasteiger partial charge in [0.25, 0.3) is 15.9 Å². The summed E-state index contributed by atoms with van der Waals surface area (Å²) in [6, 6.07) is 5.42. The summed E-state index contributed by atoms with van der Waals surface area (Å²) >= 11 is 6.11. The molecule has 0 radical (unpaired) electrons. The molecule has 0 unspecified atom stereocenters. The Morgan fingerprint density at radius 2 is 1.55 bits per heavy atom. The monoisotopic (exact) mass is 512 g/mol. The molecule has 1 saturated carbocycles. The highest BCUT2D eigenvalue weighted by molar-refractivity contribution is 7.90. The van der Waals surface area contributed by atoms with Crippen molar-refractivity contribution >= 4 is 32.7 Å². The number of rotatable bonds is 4. The van der Waals surface area contributed by atoms with E-state index in [2.05, 4.69) is 0 Å². The summed E-state index contributed by atoms with van der Waals surface area (Å²) in [5.41, 5.74) is -2.48. The van der Waals surface area contributed by atoms with E-state index in [1.807, 2.05) is 0 Å². The average molecular weight is 513 g/mol. The largest absolute Gasteiger partial charge is 0.343 e. The first-order valence-electron chi connectivity index (χ1n) is 9.49. The molecule has 0 bridgehead atoms. The van der Waals surface area contributed by atoms with Crippen molar-refractivity contribution in [2.24, 2.45) is 0 Å². The van der Waals surface area contributed by atoms with Crippen molar-refractivity contribution in [1.82, 2.24) is 8.54 Å². The molecule has 2 aromatic carbocycles. The molecule has 0 N–H and O–H groups in total. The summed E-state index contributed by atoms with van der Waals surface area (Å²) in [6.07, 6.45) is -2.80. The molecule has 1 aliphatic rings. The SMILES string of the molecule is CC(F)(F)c1ccc(S(=O)(=O)n2c(=O)n(C3CC(F)(F)C(F)(F)C3)c3c(Cl)cccc32)cc1. The number of fused-ring (bicyclic) bond motifs is 1. The van der Waals surface area contributed by atoms with Gasteiger partial charge in [-0.15, -0.1) is 0 Å². The summed E-state index contributed by atoms with van der Waals surface area (Å²) in [4.78, 5) is 12.6. The van der Waals surface area contributed by atoms with Crippen LogP contribution < -0.4 is 5.69 Å². The lowest BCUT2D eigenvalue weighted by atomic mass is 10.1. The Labute approximate surface area is 188 Å². The fourth-order valence-corrected chi connectivity index (χ4v) is 5.60. The van der Waals surface area contributed by atoms with Crippen molar-refractivity contribution < 1.29 is 34.8 Å². The fraction of sp³-hybridized carbons (Fsp3) is 0.350. The molecular weight excluding hydrogens is 498 g/mol. The lowest BCUT2D eigenvalue weighted by molar-refractivity contribution is -0.185. The molecule has 1 aliphatic carbocycles. The van der Waals surface area contributed by atoms with E-state index in [9.17, 15) is 39.6 Å². The highest BCUT2D eigenvalue weighted by atomic mass is 35.5. The first-order valence-corrected chi connectivity index (χ1v) is 11.3. The van der Waals surface area contributed by atoms with Crippen molar-refractivity contribution in [3.63, 3.8) is 0 Å². The van der Waals surface area contributed by atoms with Gasteiger partial charge < -0.3 is 0 Å². The number of alkyl halides is 6. The minimum absolute atomic E-state index is 0.210. The van der Waals surface area contributed by atoms with Gasteiger partial charge in [-0.3, -0.25) is 4.57 Å². The number of halogens is 7. The molecule has 5 nitrogen and oxygen atoms in total. The molecule has 33 heavy (non-hydrogen) atoms. The molecule has 0 aliphatic heterocycles. The van der Waals surface area contributed by atoms with Crippen molar-refractivity contribution in [2.45, 2.75) is 48.5 Å². The van der Waals surface area contributed by atoms with E-state index in [1.165, 1.54) is 12.1 Å². The molecule has 1 heterocycles. The van der Waals surface area contributed by atoms with Gasteiger partial charge in [0.15, 0.2) is 0 Å². The Morgan fingerprint density at radius 1 is 1.00 bits per heavy atom. The van der Waals surface area contributed by atoms with Crippen LogP contribution in [0.3, 0.4) is 0 Å². The predicted octanol–water partition coefficient (Wildman–Crippen LogP) is 5.41. The van der Waals surface area contributed by atoms with Crippen LogP contribution in [0.25, 0.3) is 11.0 Å². The van der Waals surface area contributed by atoms with Gasteiger partial charge in [-0.1, -0.05) is 29.8 Å². The molecule has 178 valence electrons. The molecule has 0 atom stereocenters. The molecule has 4 rings (SSSR count). The van der Waals surface area contributed by atoms with Crippen LogP contribution in [0.1, 0.15) is 31.4 Å². The van der Waals surface area contributed by atoms with Crippen molar-refractivity contribution in [3.8, 4) is 0 Å². The minimum atomic E-state index is -4.74. The van der Waals surface area contributed by atoms with Crippen LogP contribution in [0, 0.1) is 0 Å². The maximum absolute atomic E-state index is 13.8. The van der Waals surface area contributed by atoms with Gasteiger partial charge in [-0.2, -0.15) is 21.5 Å². The third-order valence-electron chi connectivity index (χ3n) is 5.59. The lowest BCUT2D eigenvalue weighted by Crippen LogP contribution is -2.33. The van der Waals surface area contributed by atoms with Gasteiger partial charge >= 0.3 is 17.5 Å². The normalized spacial score (nSPS) is 18.8. The number of imidazole rings is 1. The van der Waals surface area contributed by atoms with E-state index in [0.29, 0.717) is 11.5 Å². The number of hydrogen-bond donors (Lipinski definition) is 0. The van der Waals surface area contributed by atoms with Crippen molar-refractivity contribution in [1.29, 1.82) is 0 Å². The van der Waals surface area contributed by atoms with Crippen molar-refractivity contribution in [2.75, 3.05) is 0 Å². The zero-order chi connectivity index (χ0) is 24.6. The zero-order valence-corrected chi connectivity index (χ0v) is 18.3. The van der Waals surface area contributed by atoms with E-state index in [0.717, 1.165) is 30.3 Å². The van der Waals surface area contributed by atoms with E-state index in [-0.39, 0.29) is 20.0 Å². The van der Waals surface area contributed by atoms with Gasteiger partial charge in [-0.05, 0) is 24.3 Å². The number of nitrogens with zero attached hydrogens (tertiary/aromatic N) is 2. The third-order valence-corrected chi connectivity index (χ3v) is 7.60. The summed E-state index contributed by atoms with van der Waals surface area (Å²) in [5, 5.41) is -0.210. The molecule has 13 heteroatoms. The molecule has 0 amide bonds. The molecule has 1 fully saturated rings. The second-order valence-electron chi connectivity index (χ2n) is 7.91. The van der Waals surface area contributed by atoms with Crippen LogP contribution in [-0.4, -0.2) is 28.8 Å². The van der Waals surface area contributed by atoms with Gasteiger partial charge in [-0.25, -0.2) is 22.0 Å². The number of para-hydroxylation sites is 1. The number of benzene rings is 2. The molecule has 0 spiro atoms. The van der Waals surface area contributed by atoms with Crippen LogP contribution in [0.2, 0.25) is 5.02 Å². The average Bonchev–Trinajstić information content (AvgIpc) is 3.11. The van der Waals surface area contributed by atoms with Gasteiger partial charge in [0.05, 0.1) is 27.0 Å². The second kappa shape index (κ2) is 7.26.